The predicted molar refractivity (Wildman–Crippen MR) is 113 cm³/mol. The maximum Gasteiger partial charge on any atom is 0.0775 e. The van der Waals surface area contributed by atoms with E-state index in [4.69, 9.17) is 0 Å². The number of allylic oxidation sites excluding steroid dienone is 2. The highest BCUT2D eigenvalue weighted by Gasteiger charge is 2.28. The Balaban J connectivity index is 1.75. The molecule has 0 saturated heterocycles. The Morgan fingerprint density at radius 2 is 1.56 bits per heavy atom. The number of hydrogen-bond acceptors (Lipinski definition) is 0. The molecule has 1 heteroatoms. The molecule has 0 atom stereocenters. The van der Waals surface area contributed by atoms with Gasteiger partial charge in [0.1, 0.15) is 0 Å². The molecule has 2 aliphatic carbocycles. The van der Waals surface area contributed by atoms with Gasteiger partial charge in [-0.1, -0.05) is 85.7 Å². The number of benzene rings is 2. The Morgan fingerprint density at radius 1 is 0.880 bits per heavy atom. The first-order valence-electron chi connectivity index (χ1n) is 9.88. The van der Waals surface area contributed by atoms with Gasteiger partial charge in [0.2, 0.25) is 0 Å². The third-order valence-electron chi connectivity index (χ3n) is 6.30. The van der Waals surface area contributed by atoms with Crippen LogP contribution in [-0.2, 0) is 6.42 Å². The van der Waals surface area contributed by atoms with Crippen LogP contribution in [0.15, 0.2) is 48.0 Å². The highest BCUT2D eigenvalue weighted by molar-refractivity contribution is 6.88. The molecule has 1 saturated carbocycles. The predicted octanol–water partition coefficient (Wildman–Crippen LogP) is 6.42. The fourth-order valence-electron chi connectivity index (χ4n) is 4.80. The van der Waals surface area contributed by atoms with Crippen molar-refractivity contribution in [2.75, 3.05) is 0 Å². The molecule has 0 N–H and O–H groups in total. The van der Waals surface area contributed by atoms with Gasteiger partial charge in [-0.25, -0.2) is 0 Å². The minimum absolute atomic E-state index is 0.842. The van der Waals surface area contributed by atoms with Crippen molar-refractivity contribution in [3.8, 4) is 11.1 Å². The topological polar surface area (TPSA) is 0 Å². The van der Waals surface area contributed by atoms with Crippen LogP contribution in [0.5, 0.6) is 0 Å². The second-order valence-electron chi connectivity index (χ2n) is 8.98. The highest BCUT2D eigenvalue weighted by atomic mass is 28.3. The molecule has 25 heavy (non-hydrogen) atoms. The van der Waals surface area contributed by atoms with E-state index in [-0.39, 0.29) is 0 Å². The number of hydrogen-bond donors (Lipinski definition) is 0. The molecule has 2 aliphatic rings. The van der Waals surface area contributed by atoms with E-state index >= 15 is 0 Å². The normalized spacial score (nSPS) is 18.1. The van der Waals surface area contributed by atoms with Crippen LogP contribution in [0, 0.1) is 5.92 Å². The Morgan fingerprint density at radius 3 is 2.20 bits per heavy atom. The van der Waals surface area contributed by atoms with Gasteiger partial charge in [-0.2, -0.15) is 0 Å². The Kier molecular flexibility index (Phi) is 4.23. The molecule has 0 spiro atoms. The monoisotopic (exact) mass is 346 g/mol. The van der Waals surface area contributed by atoms with Crippen LogP contribution in [0.2, 0.25) is 19.6 Å². The summed E-state index contributed by atoms with van der Waals surface area (Å²) in [5, 5.41) is 1.54. The van der Waals surface area contributed by atoms with Gasteiger partial charge in [-0.3, -0.25) is 0 Å². The van der Waals surface area contributed by atoms with Gasteiger partial charge in [0, 0.05) is 0 Å². The summed E-state index contributed by atoms with van der Waals surface area (Å²) in [6, 6.07) is 16.4. The van der Waals surface area contributed by atoms with E-state index in [0.717, 1.165) is 5.92 Å². The molecule has 2 aromatic carbocycles. The lowest BCUT2D eigenvalue weighted by Gasteiger charge is -2.17. The molecule has 0 unspecified atom stereocenters. The molecular weight excluding hydrogens is 316 g/mol. The van der Waals surface area contributed by atoms with Crippen molar-refractivity contribution in [2.24, 2.45) is 5.92 Å². The van der Waals surface area contributed by atoms with Crippen molar-refractivity contribution in [1.82, 2.24) is 0 Å². The standard InChI is InChI=1S/C24H30Si/c1-17-23(18-8-5-6-9-18)16-20-10-7-11-22(24(17)20)19-12-14-21(15-13-19)25(2,3)4/h7,10-15,18H,5-6,8-9,16H2,1-4H3. The second kappa shape index (κ2) is 6.28. The van der Waals surface area contributed by atoms with Crippen LogP contribution in [0.1, 0.15) is 43.7 Å². The van der Waals surface area contributed by atoms with E-state index in [2.05, 4.69) is 69.0 Å². The van der Waals surface area contributed by atoms with Crippen molar-refractivity contribution in [3.05, 3.63) is 59.2 Å². The van der Waals surface area contributed by atoms with Crippen LogP contribution >= 0.6 is 0 Å². The molecule has 0 radical (unpaired) electrons. The van der Waals surface area contributed by atoms with E-state index in [9.17, 15) is 0 Å². The van der Waals surface area contributed by atoms with Gasteiger partial charge in [0.15, 0.2) is 0 Å². The van der Waals surface area contributed by atoms with Gasteiger partial charge in [-0.05, 0) is 59.9 Å². The minimum atomic E-state index is -1.23. The first-order chi connectivity index (χ1) is 11.9. The first-order valence-corrected chi connectivity index (χ1v) is 13.4. The van der Waals surface area contributed by atoms with Crippen LogP contribution in [0.4, 0.5) is 0 Å². The number of rotatable bonds is 3. The largest absolute Gasteiger partial charge is 0.0775 e. The van der Waals surface area contributed by atoms with E-state index in [1.165, 1.54) is 48.8 Å². The lowest BCUT2D eigenvalue weighted by atomic mass is 9.92. The van der Waals surface area contributed by atoms with Crippen molar-refractivity contribution in [3.63, 3.8) is 0 Å². The zero-order chi connectivity index (χ0) is 17.6. The van der Waals surface area contributed by atoms with Crippen LogP contribution in [-0.4, -0.2) is 8.07 Å². The first kappa shape index (κ1) is 16.8. The average molecular weight is 347 g/mol. The summed E-state index contributed by atoms with van der Waals surface area (Å²) >= 11 is 0. The Hall–Kier alpha value is -1.60. The fraction of sp³-hybridized carbons (Fsp3) is 0.417. The quantitative estimate of drug-likeness (QED) is 0.563. The van der Waals surface area contributed by atoms with Crippen molar-refractivity contribution >= 4 is 18.8 Å². The Labute approximate surface area is 154 Å². The van der Waals surface area contributed by atoms with Crippen LogP contribution < -0.4 is 5.19 Å². The van der Waals surface area contributed by atoms with Crippen molar-refractivity contribution in [2.45, 2.75) is 58.7 Å². The fourth-order valence-corrected chi connectivity index (χ4v) is 5.97. The zero-order valence-corrected chi connectivity index (χ0v) is 17.2. The molecule has 0 aromatic heterocycles. The van der Waals surface area contributed by atoms with Crippen molar-refractivity contribution in [1.29, 1.82) is 0 Å². The van der Waals surface area contributed by atoms with Crippen LogP contribution in [0.25, 0.3) is 16.7 Å². The van der Waals surface area contributed by atoms with Crippen molar-refractivity contribution < 1.29 is 0 Å². The Bertz CT molecular complexity index is 812. The lowest BCUT2D eigenvalue weighted by molar-refractivity contribution is 0.632. The summed E-state index contributed by atoms with van der Waals surface area (Å²) in [7, 11) is -1.23. The maximum atomic E-state index is 2.42. The minimum Gasteiger partial charge on any atom is -0.0656 e. The van der Waals surface area contributed by atoms with Gasteiger partial charge < -0.3 is 0 Å². The number of fused-ring (bicyclic) bond motifs is 1. The molecule has 4 rings (SSSR count). The molecule has 0 heterocycles. The molecule has 0 bridgehead atoms. The molecular formula is C24H30Si. The third-order valence-corrected chi connectivity index (χ3v) is 8.36. The van der Waals surface area contributed by atoms with Crippen LogP contribution in [0.3, 0.4) is 0 Å². The summed E-state index contributed by atoms with van der Waals surface area (Å²) in [6.45, 7) is 9.63. The van der Waals surface area contributed by atoms with Gasteiger partial charge >= 0.3 is 0 Å². The van der Waals surface area contributed by atoms with E-state index in [1.807, 2.05) is 0 Å². The van der Waals surface area contributed by atoms with E-state index in [1.54, 1.807) is 21.9 Å². The highest BCUT2D eigenvalue weighted by Crippen LogP contribution is 2.45. The molecule has 1 fully saturated rings. The zero-order valence-electron chi connectivity index (χ0n) is 16.2. The average Bonchev–Trinajstić information content (AvgIpc) is 3.22. The summed E-state index contributed by atoms with van der Waals surface area (Å²) in [4.78, 5) is 0. The lowest BCUT2D eigenvalue weighted by Crippen LogP contribution is -2.37. The molecule has 0 amide bonds. The van der Waals surface area contributed by atoms with Gasteiger partial charge in [0.05, 0.1) is 8.07 Å². The summed E-state index contributed by atoms with van der Waals surface area (Å²) in [5.41, 5.74) is 9.21. The molecule has 0 aliphatic heterocycles. The SMILES string of the molecule is CC1=C(C2CCCC2)Cc2cccc(-c3ccc([Si](C)(C)C)cc3)c21. The third kappa shape index (κ3) is 3.04. The van der Waals surface area contributed by atoms with Gasteiger partial charge in [-0.15, -0.1) is 0 Å². The molecule has 130 valence electrons. The summed E-state index contributed by atoms with van der Waals surface area (Å²) in [5.74, 6) is 0.842. The summed E-state index contributed by atoms with van der Waals surface area (Å²) < 4.78 is 0. The molecule has 2 aromatic rings. The second-order valence-corrected chi connectivity index (χ2v) is 14.1. The maximum absolute atomic E-state index is 2.42. The van der Waals surface area contributed by atoms with E-state index in [0.29, 0.717) is 0 Å². The summed E-state index contributed by atoms with van der Waals surface area (Å²) in [6.07, 6.45) is 6.83. The van der Waals surface area contributed by atoms with Gasteiger partial charge in [0.25, 0.3) is 0 Å². The smallest absolute Gasteiger partial charge is 0.0656 e. The van der Waals surface area contributed by atoms with E-state index < -0.39 is 8.07 Å². The molecule has 0 nitrogen and oxygen atoms in total.